The third kappa shape index (κ3) is 8.24. The zero-order valence-corrected chi connectivity index (χ0v) is 20.5. The van der Waals surface area contributed by atoms with Crippen LogP contribution in [0.2, 0.25) is 0 Å². The highest BCUT2D eigenvalue weighted by Gasteiger charge is 2.31. The van der Waals surface area contributed by atoms with E-state index < -0.39 is 0 Å². The normalized spacial score (nSPS) is 20.3. The van der Waals surface area contributed by atoms with Crippen molar-refractivity contribution in [2.75, 3.05) is 39.8 Å². The van der Waals surface area contributed by atoms with E-state index >= 15 is 0 Å². The van der Waals surface area contributed by atoms with Gasteiger partial charge in [0.25, 0.3) is 0 Å². The molecule has 1 aromatic heterocycles. The molecule has 8 heteroatoms. The molecule has 0 aromatic carbocycles. The van der Waals surface area contributed by atoms with Gasteiger partial charge in [0.15, 0.2) is 5.96 Å². The van der Waals surface area contributed by atoms with Crippen LogP contribution in [0.15, 0.2) is 22.5 Å². The number of thiophene rings is 1. The minimum absolute atomic E-state index is 0. The minimum Gasteiger partial charge on any atom is -0.357 e. The number of nitrogens with one attached hydrogen (secondary N) is 3. The predicted molar refractivity (Wildman–Crippen MR) is 130 cm³/mol. The molecule has 1 aliphatic heterocycles. The highest BCUT2D eigenvalue weighted by atomic mass is 127. The van der Waals surface area contributed by atoms with Gasteiger partial charge >= 0.3 is 0 Å². The van der Waals surface area contributed by atoms with Crippen LogP contribution < -0.4 is 16.0 Å². The van der Waals surface area contributed by atoms with Crippen LogP contribution in [0.3, 0.4) is 0 Å². The van der Waals surface area contributed by atoms with Gasteiger partial charge in [0.2, 0.25) is 5.91 Å². The van der Waals surface area contributed by atoms with E-state index in [1.165, 1.54) is 17.7 Å². The quantitative estimate of drug-likeness (QED) is 0.265. The summed E-state index contributed by atoms with van der Waals surface area (Å²) in [6.45, 7) is 8.21. The first-order chi connectivity index (χ1) is 13.2. The van der Waals surface area contributed by atoms with Gasteiger partial charge in [-0.1, -0.05) is 13.0 Å². The van der Waals surface area contributed by atoms with Crippen LogP contribution in [0.5, 0.6) is 0 Å². The SMILES string of the molecule is CCCNC(=O)CCNC(=NCC1CCCN(C)C1c1cccs1)NCC.I. The van der Waals surface area contributed by atoms with Crippen LogP contribution in [0.1, 0.15) is 50.4 Å². The number of guanidine groups is 1. The average Bonchev–Trinajstić information content (AvgIpc) is 3.18. The summed E-state index contributed by atoms with van der Waals surface area (Å²) < 4.78 is 0. The number of halogens is 1. The number of likely N-dealkylation sites (tertiary alicyclic amines) is 1. The standard InChI is InChI=1S/C20H35N5OS.HI/c1-4-11-22-18(26)10-12-23-20(21-5-2)24-15-16-8-6-13-25(3)19(16)17-9-7-14-27-17;/h7,9,14,16,19H,4-6,8,10-13,15H2,1-3H3,(H,22,26)(H2,21,23,24);1H. The number of carbonyl (C=O) groups is 1. The summed E-state index contributed by atoms with van der Waals surface area (Å²) in [4.78, 5) is 20.5. The number of amides is 1. The molecule has 1 amide bonds. The maximum atomic E-state index is 11.7. The van der Waals surface area contributed by atoms with Crippen LogP contribution in [0, 0.1) is 5.92 Å². The van der Waals surface area contributed by atoms with Gasteiger partial charge in [-0.25, -0.2) is 0 Å². The first-order valence-corrected chi connectivity index (χ1v) is 11.1. The predicted octanol–water partition coefficient (Wildman–Crippen LogP) is 3.22. The molecular weight excluding hydrogens is 485 g/mol. The van der Waals surface area contributed by atoms with Crippen LogP contribution in [0.4, 0.5) is 0 Å². The fraction of sp³-hybridized carbons (Fsp3) is 0.700. The van der Waals surface area contributed by atoms with Crippen LogP contribution >= 0.6 is 35.3 Å². The van der Waals surface area contributed by atoms with Gasteiger partial charge in [-0.15, -0.1) is 35.3 Å². The lowest BCUT2D eigenvalue weighted by molar-refractivity contribution is -0.120. The lowest BCUT2D eigenvalue weighted by atomic mass is 9.88. The molecule has 0 aliphatic carbocycles. The molecule has 160 valence electrons. The fourth-order valence-electron chi connectivity index (χ4n) is 3.56. The maximum absolute atomic E-state index is 11.7. The van der Waals surface area contributed by atoms with Gasteiger partial charge in [0, 0.05) is 43.5 Å². The van der Waals surface area contributed by atoms with Gasteiger partial charge in [-0.05, 0) is 57.1 Å². The van der Waals surface area contributed by atoms with Crippen LogP contribution in [0.25, 0.3) is 0 Å². The molecule has 2 heterocycles. The third-order valence-electron chi connectivity index (χ3n) is 4.89. The number of hydrogen-bond acceptors (Lipinski definition) is 4. The number of nitrogens with zero attached hydrogens (tertiary/aromatic N) is 2. The average molecular weight is 522 g/mol. The van der Waals surface area contributed by atoms with Crippen molar-refractivity contribution in [3.05, 3.63) is 22.4 Å². The summed E-state index contributed by atoms with van der Waals surface area (Å²) in [5.74, 6) is 1.41. The molecule has 0 spiro atoms. The second kappa shape index (κ2) is 14.2. The Kier molecular flexibility index (Phi) is 12.7. The Bertz CT molecular complexity index is 581. The third-order valence-corrected chi connectivity index (χ3v) is 5.83. The molecule has 1 saturated heterocycles. The van der Waals surface area contributed by atoms with Crippen molar-refractivity contribution in [1.82, 2.24) is 20.9 Å². The van der Waals surface area contributed by atoms with E-state index in [-0.39, 0.29) is 29.9 Å². The Morgan fingerprint density at radius 1 is 1.29 bits per heavy atom. The molecule has 2 unspecified atom stereocenters. The molecule has 2 atom stereocenters. The van der Waals surface area contributed by atoms with E-state index in [0.717, 1.165) is 38.6 Å². The molecule has 0 saturated carbocycles. The number of carbonyl (C=O) groups excluding carboxylic acids is 1. The maximum Gasteiger partial charge on any atom is 0.221 e. The van der Waals surface area contributed by atoms with Gasteiger partial charge in [-0.3, -0.25) is 14.7 Å². The van der Waals surface area contributed by atoms with E-state index in [1.807, 2.05) is 11.3 Å². The smallest absolute Gasteiger partial charge is 0.221 e. The Morgan fingerprint density at radius 2 is 2.11 bits per heavy atom. The van der Waals surface area contributed by atoms with Crippen molar-refractivity contribution in [3.63, 3.8) is 0 Å². The highest BCUT2D eigenvalue weighted by Crippen LogP contribution is 2.37. The largest absolute Gasteiger partial charge is 0.357 e. The number of rotatable bonds is 9. The van der Waals surface area contributed by atoms with Crippen molar-refractivity contribution in [3.8, 4) is 0 Å². The number of hydrogen-bond donors (Lipinski definition) is 3. The van der Waals surface area contributed by atoms with E-state index in [2.05, 4.69) is 59.3 Å². The second-order valence-corrected chi connectivity index (χ2v) is 8.07. The van der Waals surface area contributed by atoms with Crippen molar-refractivity contribution >= 4 is 47.2 Å². The van der Waals surface area contributed by atoms with Crippen LogP contribution in [-0.4, -0.2) is 56.5 Å². The van der Waals surface area contributed by atoms with E-state index in [9.17, 15) is 4.79 Å². The van der Waals surface area contributed by atoms with Crippen molar-refractivity contribution in [1.29, 1.82) is 0 Å². The lowest BCUT2D eigenvalue weighted by Crippen LogP contribution is -2.41. The van der Waals surface area contributed by atoms with E-state index in [1.54, 1.807) is 0 Å². The Hall–Kier alpha value is -0.870. The highest BCUT2D eigenvalue weighted by molar-refractivity contribution is 14.0. The number of piperidine rings is 1. The minimum atomic E-state index is 0. The molecule has 0 radical (unpaired) electrons. The van der Waals surface area contributed by atoms with Crippen molar-refractivity contribution < 1.29 is 4.79 Å². The molecule has 2 rings (SSSR count). The topological polar surface area (TPSA) is 68.8 Å². The summed E-state index contributed by atoms with van der Waals surface area (Å²) in [6, 6.07) is 4.83. The molecule has 1 fully saturated rings. The van der Waals surface area contributed by atoms with Crippen molar-refractivity contribution in [2.45, 2.75) is 45.6 Å². The van der Waals surface area contributed by atoms with Crippen molar-refractivity contribution in [2.24, 2.45) is 10.9 Å². The first kappa shape index (κ1) is 25.2. The number of aliphatic imine (C=N–C) groups is 1. The van der Waals surface area contributed by atoms with Gasteiger partial charge in [-0.2, -0.15) is 0 Å². The zero-order chi connectivity index (χ0) is 19.5. The molecular formula is C20H36IN5OS. The van der Waals surface area contributed by atoms with Gasteiger partial charge < -0.3 is 16.0 Å². The fourth-order valence-corrected chi connectivity index (χ4v) is 4.54. The molecule has 0 bridgehead atoms. The summed E-state index contributed by atoms with van der Waals surface area (Å²) in [5.41, 5.74) is 0. The van der Waals surface area contributed by atoms with Gasteiger partial charge in [0.1, 0.15) is 0 Å². The van der Waals surface area contributed by atoms with E-state index in [4.69, 9.17) is 4.99 Å². The Morgan fingerprint density at radius 3 is 2.79 bits per heavy atom. The Labute approximate surface area is 191 Å². The summed E-state index contributed by atoms with van der Waals surface area (Å²) in [7, 11) is 2.22. The summed E-state index contributed by atoms with van der Waals surface area (Å²) in [5, 5.41) is 11.7. The molecule has 28 heavy (non-hydrogen) atoms. The molecule has 1 aliphatic rings. The molecule has 6 nitrogen and oxygen atoms in total. The monoisotopic (exact) mass is 521 g/mol. The van der Waals surface area contributed by atoms with Gasteiger partial charge in [0.05, 0.1) is 0 Å². The molecule has 3 N–H and O–H groups in total. The van der Waals surface area contributed by atoms with Crippen LogP contribution in [-0.2, 0) is 4.79 Å². The molecule has 1 aromatic rings. The first-order valence-electron chi connectivity index (χ1n) is 10.2. The Balaban J connectivity index is 0.00000392. The lowest BCUT2D eigenvalue weighted by Gasteiger charge is -2.38. The summed E-state index contributed by atoms with van der Waals surface area (Å²) in [6.07, 6.45) is 3.86. The second-order valence-electron chi connectivity index (χ2n) is 7.09. The van der Waals surface area contributed by atoms with E-state index in [0.29, 0.717) is 24.9 Å². The zero-order valence-electron chi connectivity index (χ0n) is 17.4. The summed E-state index contributed by atoms with van der Waals surface area (Å²) >= 11 is 1.84.